The average molecular weight is 321 g/mol. The van der Waals surface area contributed by atoms with Crippen molar-refractivity contribution >= 4 is 17.8 Å². The molecule has 1 aromatic carbocycles. The van der Waals surface area contributed by atoms with Crippen molar-refractivity contribution in [3.8, 4) is 5.75 Å². The molecule has 0 bridgehead atoms. The van der Waals surface area contributed by atoms with E-state index in [-0.39, 0.29) is 19.3 Å². The van der Waals surface area contributed by atoms with Crippen LogP contribution in [0.25, 0.3) is 0 Å². The highest BCUT2D eigenvalue weighted by atomic mass is 16.5. The van der Waals surface area contributed by atoms with Crippen LogP contribution < -0.4 is 20.7 Å². The van der Waals surface area contributed by atoms with Crippen LogP contribution in [0.2, 0.25) is 0 Å². The second kappa shape index (κ2) is 8.77. The van der Waals surface area contributed by atoms with Crippen LogP contribution in [-0.2, 0) is 14.4 Å². The van der Waals surface area contributed by atoms with Gasteiger partial charge in [0, 0.05) is 12.4 Å². The number of carbonyl (C=O) groups excluding carboxylic acids is 3. The van der Waals surface area contributed by atoms with E-state index in [0.29, 0.717) is 5.75 Å². The summed E-state index contributed by atoms with van der Waals surface area (Å²) in [7, 11) is 0. The molecular formula is C16H21N2O5-. The smallest absolute Gasteiger partial charge is 0.279 e. The van der Waals surface area contributed by atoms with Crippen molar-refractivity contribution in [1.82, 2.24) is 10.9 Å². The number of ether oxygens (including phenoxy) is 1. The number of carboxylic acids is 1. The van der Waals surface area contributed by atoms with E-state index < -0.39 is 23.9 Å². The van der Waals surface area contributed by atoms with Crippen LogP contribution in [0, 0.1) is 13.8 Å². The fourth-order valence-electron chi connectivity index (χ4n) is 1.73. The van der Waals surface area contributed by atoms with E-state index in [1.165, 1.54) is 0 Å². The number of carboxylic acid groups (broad SMARTS) is 1. The molecule has 2 amide bonds. The van der Waals surface area contributed by atoms with Gasteiger partial charge in [0.25, 0.3) is 5.91 Å². The first-order valence-corrected chi connectivity index (χ1v) is 7.32. The summed E-state index contributed by atoms with van der Waals surface area (Å²) in [4.78, 5) is 33.5. The van der Waals surface area contributed by atoms with Crippen molar-refractivity contribution in [1.29, 1.82) is 0 Å². The molecule has 0 radical (unpaired) electrons. The van der Waals surface area contributed by atoms with Crippen LogP contribution >= 0.6 is 0 Å². The maximum atomic E-state index is 11.8. The first-order chi connectivity index (χ1) is 10.8. The van der Waals surface area contributed by atoms with Gasteiger partial charge in [-0.2, -0.15) is 0 Å². The Balaban J connectivity index is 2.37. The number of hydrogen-bond acceptors (Lipinski definition) is 5. The van der Waals surface area contributed by atoms with Crippen LogP contribution in [0.3, 0.4) is 0 Å². The Morgan fingerprint density at radius 2 is 1.83 bits per heavy atom. The predicted octanol–water partition coefficient (Wildman–Crippen LogP) is 0.138. The van der Waals surface area contributed by atoms with Crippen molar-refractivity contribution in [2.24, 2.45) is 0 Å². The third-order valence-corrected chi connectivity index (χ3v) is 3.27. The summed E-state index contributed by atoms with van der Waals surface area (Å²) >= 11 is 0. The molecule has 0 aliphatic heterocycles. The van der Waals surface area contributed by atoms with E-state index in [4.69, 9.17) is 4.74 Å². The van der Waals surface area contributed by atoms with Gasteiger partial charge in [0.1, 0.15) is 5.75 Å². The van der Waals surface area contributed by atoms with Gasteiger partial charge in [0.05, 0.1) is 0 Å². The van der Waals surface area contributed by atoms with Gasteiger partial charge in [-0.05, 0) is 56.9 Å². The SMILES string of the molecule is Cc1ccc(O[C@@H](C)C(=O)NNC(=O)CCCC(=O)[O-])cc1C. The number of aryl methyl sites for hydroxylation is 2. The lowest BCUT2D eigenvalue weighted by atomic mass is 10.1. The maximum absolute atomic E-state index is 11.8. The number of benzene rings is 1. The van der Waals surface area contributed by atoms with Gasteiger partial charge >= 0.3 is 0 Å². The van der Waals surface area contributed by atoms with Gasteiger partial charge in [0.2, 0.25) is 5.91 Å². The molecule has 0 saturated heterocycles. The van der Waals surface area contributed by atoms with E-state index in [1.54, 1.807) is 13.0 Å². The second-order valence-electron chi connectivity index (χ2n) is 5.27. The number of amides is 2. The monoisotopic (exact) mass is 321 g/mol. The van der Waals surface area contributed by atoms with Gasteiger partial charge in [0.15, 0.2) is 6.10 Å². The molecule has 7 heteroatoms. The van der Waals surface area contributed by atoms with E-state index in [2.05, 4.69) is 10.9 Å². The molecule has 0 unspecified atom stereocenters. The number of hydrazine groups is 1. The summed E-state index contributed by atoms with van der Waals surface area (Å²) in [5.74, 6) is -1.62. The normalized spacial score (nSPS) is 11.4. The summed E-state index contributed by atoms with van der Waals surface area (Å²) in [5, 5.41) is 10.2. The van der Waals surface area contributed by atoms with Crippen LogP contribution in [0.1, 0.15) is 37.3 Å². The molecule has 0 saturated carbocycles. The van der Waals surface area contributed by atoms with Gasteiger partial charge in [-0.15, -0.1) is 0 Å². The maximum Gasteiger partial charge on any atom is 0.279 e. The molecule has 126 valence electrons. The van der Waals surface area contributed by atoms with E-state index >= 15 is 0 Å². The molecule has 0 aliphatic rings. The lowest BCUT2D eigenvalue weighted by molar-refractivity contribution is -0.305. The molecule has 0 aromatic heterocycles. The molecule has 2 N–H and O–H groups in total. The summed E-state index contributed by atoms with van der Waals surface area (Å²) in [6.07, 6.45) is -0.854. The highest BCUT2D eigenvalue weighted by Gasteiger charge is 2.15. The summed E-state index contributed by atoms with van der Waals surface area (Å²) in [6.45, 7) is 5.48. The van der Waals surface area contributed by atoms with Crippen molar-refractivity contribution < 1.29 is 24.2 Å². The third-order valence-electron chi connectivity index (χ3n) is 3.27. The number of carbonyl (C=O) groups is 3. The first-order valence-electron chi connectivity index (χ1n) is 7.32. The molecule has 7 nitrogen and oxygen atoms in total. The van der Waals surface area contributed by atoms with Gasteiger partial charge in [-0.3, -0.25) is 20.4 Å². The Morgan fingerprint density at radius 1 is 1.13 bits per heavy atom. The molecule has 23 heavy (non-hydrogen) atoms. The number of nitrogens with one attached hydrogen (secondary N) is 2. The number of rotatable bonds is 7. The van der Waals surface area contributed by atoms with E-state index in [9.17, 15) is 19.5 Å². The Morgan fingerprint density at radius 3 is 2.43 bits per heavy atom. The summed E-state index contributed by atoms with van der Waals surface area (Å²) < 4.78 is 5.51. The molecule has 0 fully saturated rings. The minimum atomic E-state index is -1.21. The second-order valence-corrected chi connectivity index (χ2v) is 5.27. The van der Waals surface area contributed by atoms with E-state index in [0.717, 1.165) is 11.1 Å². The molecular weight excluding hydrogens is 300 g/mol. The van der Waals surface area contributed by atoms with Crippen molar-refractivity contribution in [3.05, 3.63) is 29.3 Å². The molecule has 1 aromatic rings. The highest BCUT2D eigenvalue weighted by molar-refractivity contribution is 5.84. The predicted molar refractivity (Wildman–Crippen MR) is 81.1 cm³/mol. The zero-order valence-corrected chi connectivity index (χ0v) is 13.5. The summed E-state index contributed by atoms with van der Waals surface area (Å²) in [5.41, 5.74) is 6.63. The molecule has 0 aliphatic carbocycles. The van der Waals surface area contributed by atoms with Crippen molar-refractivity contribution in [2.75, 3.05) is 0 Å². The number of aliphatic carboxylic acids is 1. The van der Waals surface area contributed by atoms with Crippen molar-refractivity contribution in [2.45, 2.75) is 46.1 Å². The minimum absolute atomic E-state index is 0.0132. The Bertz CT molecular complexity index is 586. The fraction of sp³-hybridized carbons (Fsp3) is 0.438. The summed E-state index contributed by atoms with van der Waals surface area (Å²) in [6, 6.07) is 5.50. The zero-order valence-electron chi connectivity index (χ0n) is 13.5. The third kappa shape index (κ3) is 6.82. The Labute approximate surface area is 135 Å². The minimum Gasteiger partial charge on any atom is -0.550 e. The van der Waals surface area contributed by atoms with Crippen LogP contribution in [0.4, 0.5) is 0 Å². The lowest BCUT2D eigenvalue weighted by Gasteiger charge is -2.16. The Kier molecular flexibility index (Phi) is 7.05. The van der Waals surface area contributed by atoms with Gasteiger partial charge in [-0.1, -0.05) is 6.07 Å². The molecule has 0 spiro atoms. The van der Waals surface area contributed by atoms with Crippen molar-refractivity contribution in [3.63, 3.8) is 0 Å². The van der Waals surface area contributed by atoms with Gasteiger partial charge in [-0.25, -0.2) is 0 Å². The number of hydrogen-bond donors (Lipinski definition) is 2. The quantitative estimate of drug-likeness (QED) is 0.695. The Hall–Kier alpha value is -2.57. The van der Waals surface area contributed by atoms with Crippen LogP contribution in [-0.4, -0.2) is 23.9 Å². The van der Waals surface area contributed by atoms with Gasteiger partial charge < -0.3 is 14.6 Å². The largest absolute Gasteiger partial charge is 0.550 e. The topological polar surface area (TPSA) is 108 Å². The standard InChI is InChI=1S/C16H22N2O5/c1-10-7-8-13(9-11(10)2)23-12(3)16(22)18-17-14(19)5-4-6-15(20)21/h7-9,12H,4-6H2,1-3H3,(H,17,19)(H,18,22)(H,20,21)/p-1/t12-/m0/s1. The zero-order chi connectivity index (χ0) is 17.4. The highest BCUT2D eigenvalue weighted by Crippen LogP contribution is 2.17. The molecule has 1 atom stereocenters. The first kappa shape index (κ1) is 18.5. The van der Waals surface area contributed by atoms with E-state index in [1.807, 2.05) is 26.0 Å². The van der Waals surface area contributed by atoms with Crippen LogP contribution in [0.5, 0.6) is 5.75 Å². The van der Waals surface area contributed by atoms with Crippen LogP contribution in [0.15, 0.2) is 18.2 Å². The lowest BCUT2D eigenvalue weighted by Crippen LogP contribution is -2.47. The average Bonchev–Trinajstić information content (AvgIpc) is 2.48. The molecule has 0 heterocycles. The molecule has 1 rings (SSSR count). The fourth-order valence-corrected chi connectivity index (χ4v) is 1.73.